The normalized spacial score (nSPS) is 15.4. The minimum atomic E-state index is -4.49. The predicted octanol–water partition coefficient (Wildman–Crippen LogP) is 4.56. The number of carbonyl (C=O) groups excluding carboxylic acids is 1. The van der Waals surface area contributed by atoms with Gasteiger partial charge < -0.3 is 20.5 Å². The largest absolute Gasteiger partial charge is 0.406 e. The Morgan fingerprint density at radius 2 is 1.90 bits per heavy atom. The first-order valence-electron chi connectivity index (χ1n) is 12.8. The van der Waals surface area contributed by atoms with Crippen LogP contribution in [0, 0.1) is 23.2 Å². The molecule has 1 aliphatic heterocycles. The van der Waals surface area contributed by atoms with Gasteiger partial charge in [-0.15, -0.1) is 0 Å². The second kappa shape index (κ2) is 11.7. The number of nitrogens with zero attached hydrogens (tertiary/aromatic N) is 3. The van der Waals surface area contributed by atoms with Gasteiger partial charge in [0.2, 0.25) is 0 Å². The van der Waals surface area contributed by atoms with Crippen LogP contribution in [0.3, 0.4) is 0 Å². The number of anilines is 2. The summed E-state index contributed by atoms with van der Waals surface area (Å²) in [5, 5.41) is 18.2. The molecule has 2 aromatic heterocycles. The summed E-state index contributed by atoms with van der Waals surface area (Å²) in [4.78, 5) is 16.5. The molecule has 0 aliphatic carbocycles. The van der Waals surface area contributed by atoms with Gasteiger partial charge in [0.05, 0.1) is 58.3 Å². The number of hydrogen-bond donors (Lipinski definition) is 3. The number of nitriles is 1. The van der Waals surface area contributed by atoms with Crippen LogP contribution in [0.25, 0.3) is 10.9 Å². The molecule has 0 saturated carbocycles. The highest BCUT2D eigenvalue weighted by molar-refractivity contribution is 7.91. The number of fused-ring (bicyclic) bond motifs is 1. The van der Waals surface area contributed by atoms with Crippen molar-refractivity contribution in [2.24, 2.45) is 0 Å². The lowest BCUT2D eigenvalue weighted by Crippen LogP contribution is -2.32. The van der Waals surface area contributed by atoms with E-state index >= 15 is 0 Å². The third kappa shape index (κ3) is 7.70. The van der Waals surface area contributed by atoms with E-state index < -0.39 is 34.0 Å². The SMILES string of the molecule is CC(C)(C#N)c1ccc(NC(=O)NCC#Cc2cc3c(NC4CCS(=O)(=O)CC4)cccc3n2CC(F)(F)F)cn1. The lowest BCUT2D eigenvalue weighted by atomic mass is 9.91. The maximum Gasteiger partial charge on any atom is 0.406 e. The number of pyridine rings is 1. The Balaban J connectivity index is 1.47. The van der Waals surface area contributed by atoms with Crippen molar-refractivity contribution in [3.63, 3.8) is 0 Å². The Bertz CT molecular complexity index is 1630. The fraction of sp³-hybridized carbons (Fsp3) is 0.393. The van der Waals surface area contributed by atoms with Crippen LogP contribution in [0.1, 0.15) is 38.1 Å². The van der Waals surface area contributed by atoms with E-state index in [4.69, 9.17) is 0 Å². The van der Waals surface area contributed by atoms with Crippen molar-refractivity contribution < 1.29 is 26.4 Å². The molecule has 4 rings (SSSR count). The zero-order valence-corrected chi connectivity index (χ0v) is 23.3. The van der Waals surface area contributed by atoms with Gasteiger partial charge in [-0.1, -0.05) is 12.0 Å². The van der Waals surface area contributed by atoms with Crippen molar-refractivity contribution >= 4 is 38.1 Å². The third-order valence-corrected chi connectivity index (χ3v) is 8.41. The van der Waals surface area contributed by atoms with Crippen LogP contribution in [-0.2, 0) is 21.8 Å². The second-order valence-electron chi connectivity index (χ2n) is 10.3. The van der Waals surface area contributed by atoms with Crippen LogP contribution in [0.4, 0.5) is 29.3 Å². The highest BCUT2D eigenvalue weighted by Gasteiger charge is 2.30. The molecule has 3 N–H and O–H groups in total. The van der Waals surface area contributed by atoms with Crippen LogP contribution in [0.2, 0.25) is 0 Å². The summed E-state index contributed by atoms with van der Waals surface area (Å²) >= 11 is 0. The van der Waals surface area contributed by atoms with Crippen molar-refractivity contribution in [1.29, 1.82) is 5.26 Å². The van der Waals surface area contributed by atoms with Gasteiger partial charge in [-0.25, -0.2) is 13.2 Å². The monoisotopic (exact) mass is 586 g/mol. The lowest BCUT2D eigenvalue weighted by molar-refractivity contribution is -0.140. The number of rotatable bonds is 6. The number of nitrogens with one attached hydrogen (secondary N) is 3. The predicted molar refractivity (Wildman–Crippen MR) is 150 cm³/mol. The molecule has 0 spiro atoms. The Kier molecular flexibility index (Phi) is 8.50. The zero-order valence-electron chi connectivity index (χ0n) is 22.5. The van der Waals surface area contributed by atoms with Gasteiger partial charge in [0, 0.05) is 17.1 Å². The fourth-order valence-corrected chi connectivity index (χ4v) is 5.94. The summed E-state index contributed by atoms with van der Waals surface area (Å²) in [6, 6.07) is 11.2. The Morgan fingerprint density at radius 1 is 1.17 bits per heavy atom. The average Bonchev–Trinajstić information content (AvgIpc) is 3.25. The van der Waals surface area contributed by atoms with Crippen LogP contribution in [0.5, 0.6) is 0 Å². The van der Waals surface area contributed by atoms with E-state index in [-0.39, 0.29) is 29.8 Å². The van der Waals surface area contributed by atoms with E-state index in [1.54, 1.807) is 50.2 Å². The molecule has 0 bridgehead atoms. The molecule has 9 nitrogen and oxygen atoms in total. The van der Waals surface area contributed by atoms with E-state index in [0.29, 0.717) is 40.8 Å². The second-order valence-corrected chi connectivity index (χ2v) is 12.6. The van der Waals surface area contributed by atoms with Crippen molar-refractivity contribution in [2.75, 3.05) is 28.7 Å². The molecule has 1 aromatic carbocycles. The standard InChI is InChI=1S/C28H29F3N6O3S/c1-27(2,17-32)25-9-8-20(16-34-25)36-26(38)33-12-4-5-21-15-22-23(35-19-10-13-41(39,40)14-11-19)6-3-7-24(22)37(21)18-28(29,30)31/h3,6-9,15-16,19,35H,10-14,18H2,1-2H3,(H2,33,36,38). The summed E-state index contributed by atoms with van der Waals surface area (Å²) < 4.78 is 65.0. The minimum absolute atomic E-state index is 0.0637. The molecular formula is C28H29F3N6O3S. The first-order valence-corrected chi connectivity index (χ1v) is 14.7. The molecule has 3 aromatic rings. The number of halogens is 3. The number of amides is 2. The molecule has 1 fully saturated rings. The van der Waals surface area contributed by atoms with E-state index in [0.717, 1.165) is 4.57 Å². The smallest absolute Gasteiger partial charge is 0.382 e. The average molecular weight is 587 g/mol. The summed E-state index contributed by atoms with van der Waals surface area (Å²) in [5.74, 6) is 5.57. The van der Waals surface area contributed by atoms with Gasteiger partial charge >= 0.3 is 12.2 Å². The summed E-state index contributed by atoms with van der Waals surface area (Å²) in [6.45, 7) is 2.08. The summed E-state index contributed by atoms with van der Waals surface area (Å²) in [6.07, 6.45) is -2.23. The van der Waals surface area contributed by atoms with Crippen molar-refractivity contribution in [3.05, 3.63) is 54.0 Å². The third-order valence-electron chi connectivity index (χ3n) is 6.69. The number of aromatic nitrogens is 2. The summed E-state index contributed by atoms with van der Waals surface area (Å²) in [7, 11) is -3.05. The lowest BCUT2D eigenvalue weighted by Gasteiger charge is -2.24. The number of hydrogen-bond acceptors (Lipinski definition) is 6. The Labute approximate surface area is 236 Å². The summed E-state index contributed by atoms with van der Waals surface area (Å²) in [5.41, 5.74) is 1.23. The van der Waals surface area contributed by atoms with Gasteiger partial charge in [0.15, 0.2) is 0 Å². The van der Waals surface area contributed by atoms with E-state index in [1.165, 1.54) is 6.20 Å². The molecule has 0 unspecified atom stereocenters. The molecule has 0 atom stereocenters. The van der Waals surface area contributed by atoms with Crippen LogP contribution >= 0.6 is 0 Å². The van der Waals surface area contributed by atoms with Gasteiger partial charge in [-0.3, -0.25) is 4.98 Å². The number of benzene rings is 1. The Morgan fingerprint density at radius 3 is 2.54 bits per heavy atom. The van der Waals surface area contributed by atoms with Gasteiger partial charge in [-0.05, 0) is 62.9 Å². The van der Waals surface area contributed by atoms with E-state index in [2.05, 4.69) is 38.8 Å². The topological polar surface area (TPSA) is 129 Å². The number of sulfone groups is 1. The van der Waals surface area contributed by atoms with Gasteiger partial charge in [0.1, 0.15) is 16.4 Å². The van der Waals surface area contributed by atoms with Gasteiger partial charge in [0.25, 0.3) is 0 Å². The minimum Gasteiger partial charge on any atom is -0.382 e. The van der Waals surface area contributed by atoms with Crippen LogP contribution in [-0.4, -0.2) is 54.3 Å². The molecule has 3 heterocycles. The molecule has 2 amide bonds. The maximum atomic E-state index is 13.5. The van der Waals surface area contributed by atoms with E-state index in [1.807, 2.05) is 0 Å². The van der Waals surface area contributed by atoms with Crippen LogP contribution in [0.15, 0.2) is 42.6 Å². The zero-order chi connectivity index (χ0) is 29.8. The number of alkyl halides is 3. The number of urea groups is 1. The number of carbonyl (C=O) groups is 1. The van der Waals surface area contributed by atoms with Gasteiger partial charge in [-0.2, -0.15) is 18.4 Å². The highest BCUT2D eigenvalue weighted by atomic mass is 32.2. The molecule has 13 heteroatoms. The fourth-order valence-electron chi connectivity index (χ4n) is 4.45. The quantitative estimate of drug-likeness (QED) is 0.363. The van der Waals surface area contributed by atoms with Crippen molar-refractivity contribution in [1.82, 2.24) is 14.9 Å². The molecule has 216 valence electrons. The van der Waals surface area contributed by atoms with Crippen molar-refractivity contribution in [2.45, 2.75) is 50.9 Å². The maximum absolute atomic E-state index is 13.5. The molecule has 41 heavy (non-hydrogen) atoms. The molecule has 0 radical (unpaired) electrons. The van der Waals surface area contributed by atoms with Crippen LogP contribution < -0.4 is 16.0 Å². The molecule has 1 saturated heterocycles. The molecule has 1 aliphatic rings. The highest BCUT2D eigenvalue weighted by Crippen LogP contribution is 2.31. The Hall–Kier alpha value is -4.23. The van der Waals surface area contributed by atoms with E-state index in [9.17, 15) is 31.6 Å². The molecular weight excluding hydrogens is 557 g/mol. The van der Waals surface area contributed by atoms with Crippen molar-refractivity contribution in [3.8, 4) is 17.9 Å². The first kappa shape index (κ1) is 29.7. The first-order chi connectivity index (χ1) is 19.3.